The van der Waals surface area contributed by atoms with Gasteiger partial charge in [0.25, 0.3) is 0 Å². The number of carbonyl (C=O) groups excluding carboxylic acids is 1. The summed E-state index contributed by atoms with van der Waals surface area (Å²) in [6, 6.07) is 7.91. The number of nitrogens with two attached hydrogens (primary N) is 1. The summed E-state index contributed by atoms with van der Waals surface area (Å²) < 4.78 is 10.1. The number of ether oxygens (including phenoxy) is 1. The van der Waals surface area contributed by atoms with E-state index in [1.165, 1.54) is 0 Å². The number of benzene rings is 1. The molecule has 0 radical (unpaired) electrons. The molecule has 0 spiro atoms. The highest BCUT2D eigenvalue weighted by Crippen LogP contribution is 2.25. The van der Waals surface area contributed by atoms with Crippen LogP contribution in [0.4, 0.5) is 16.3 Å². The Labute approximate surface area is 152 Å². The first kappa shape index (κ1) is 18.0. The van der Waals surface area contributed by atoms with Crippen molar-refractivity contribution in [1.29, 1.82) is 0 Å². The van der Waals surface area contributed by atoms with Gasteiger partial charge in [-0.2, -0.15) is 0 Å². The van der Waals surface area contributed by atoms with Gasteiger partial charge in [-0.25, -0.2) is 9.42 Å². The van der Waals surface area contributed by atoms with Crippen molar-refractivity contribution in [3.05, 3.63) is 24.3 Å². The van der Waals surface area contributed by atoms with Crippen LogP contribution in [-0.4, -0.2) is 46.0 Å². The smallest absolute Gasteiger partial charge is 0.410 e. The summed E-state index contributed by atoms with van der Waals surface area (Å²) in [5.74, 6) is 0.269. The number of nitrogen functional groups attached to an aromatic ring is 1. The third-order valence-electron chi connectivity index (χ3n) is 4.12. The van der Waals surface area contributed by atoms with Gasteiger partial charge in [0.05, 0.1) is 0 Å². The lowest BCUT2D eigenvalue weighted by Crippen LogP contribution is -2.46. The van der Waals surface area contributed by atoms with Crippen LogP contribution in [-0.2, 0) is 4.74 Å². The molecule has 1 aromatic carbocycles. The minimum Gasteiger partial charge on any atom is -0.444 e. The zero-order chi connectivity index (χ0) is 18.7. The maximum absolute atomic E-state index is 12.3. The molecule has 1 unspecified atom stereocenters. The molecule has 8 nitrogen and oxygen atoms in total. The Morgan fingerprint density at radius 1 is 1.31 bits per heavy atom. The van der Waals surface area contributed by atoms with Gasteiger partial charge in [-0.3, -0.25) is 0 Å². The van der Waals surface area contributed by atoms with E-state index in [0.717, 1.165) is 30.6 Å². The normalized spacial score (nSPS) is 17.8. The van der Waals surface area contributed by atoms with Crippen molar-refractivity contribution >= 4 is 17.6 Å². The van der Waals surface area contributed by atoms with Gasteiger partial charge in [0, 0.05) is 30.4 Å². The Bertz CT molecular complexity index is 751. The maximum atomic E-state index is 12.3. The molecular weight excluding hydrogens is 334 g/mol. The van der Waals surface area contributed by atoms with E-state index in [1.54, 1.807) is 4.90 Å². The Morgan fingerprint density at radius 3 is 2.65 bits per heavy atom. The summed E-state index contributed by atoms with van der Waals surface area (Å²) in [6.07, 6.45) is 1.69. The number of nitrogens with zero attached hydrogens (tertiary/aromatic N) is 3. The number of nitrogens with one attached hydrogen (secondary N) is 1. The lowest BCUT2D eigenvalue weighted by molar-refractivity contribution is 0.0206. The molecule has 0 aliphatic carbocycles. The minimum atomic E-state index is -0.481. The molecule has 1 atom stereocenters. The van der Waals surface area contributed by atoms with Crippen LogP contribution in [0.5, 0.6) is 0 Å². The van der Waals surface area contributed by atoms with E-state index in [-0.39, 0.29) is 18.0 Å². The molecule has 1 fully saturated rings. The van der Waals surface area contributed by atoms with E-state index in [0.29, 0.717) is 12.2 Å². The predicted octanol–water partition coefficient (Wildman–Crippen LogP) is 3.13. The van der Waals surface area contributed by atoms with Gasteiger partial charge in [-0.15, -0.1) is 0 Å². The molecule has 1 amide bonds. The first-order valence-corrected chi connectivity index (χ1v) is 8.75. The molecule has 140 valence electrons. The number of likely N-dealkylation sites (tertiary alicyclic amines) is 1. The number of anilines is 2. The summed E-state index contributed by atoms with van der Waals surface area (Å²) in [5, 5.41) is 10.9. The number of carbonyl (C=O) groups is 1. The number of piperidine rings is 1. The second-order valence-corrected chi connectivity index (χ2v) is 7.49. The zero-order valence-corrected chi connectivity index (χ0v) is 15.4. The van der Waals surface area contributed by atoms with Crippen molar-refractivity contribution in [3.8, 4) is 11.3 Å². The fourth-order valence-electron chi connectivity index (χ4n) is 2.94. The summed E-state index contributed by atoms with van der Waals surface area (Å²) >= 11 is 0. The zero-order valence-electron chi connectivity index (χ0n) is 15.4. The molecule has 2 heterocycles. The molecule has 8 heteroatoms. The predicted molar refractivity (Wildman–Crippen MR) is 98.6 cm³/mol. The number of amides is 1. The van der Waals surface area contributed by atoms with Crippen LogP contribution in [0, 0.1) is 0 Å². The molecule has 3 N–H and O–H groups in total. The molecule has 1 aliphatic heterocycles. The number of hydrogen-bond acceptors (Lipinski definition) is 7. The van der Waals surface area contributed by atoms with E-state index in [1.807, 2.05) is 45.0 Å². The quantitative estimate of drug-likeness (QED) is 0.867. The summed E-state index contributed by atoms with van der Waals surface area (Å²) in [7, 11) is 0. The van der Waals surface area contributed by atoms with Gasteiger partial charge in [0.15, 0.2) is 11.5 Å². The fraction of sp³-hybridized carbons (Fsp3) is 0.500. The van der Waals surface area contributed by atoms with Crippen molar-refractivity contribution < 1.29 is 14.2 Å². The van der Waals surface area contributed by atoms with Crippen molar-refractivity contribution in [3.63, 3.8) is 0 Å². The van der Waals surface area contributed by atoms with Crippen molar-refractivity contribution in [1.82, 2.24) is 15.2 Å². The summed E-state index contributed by atoms with van der Waals surface area (Å²) in [4.78, 5) is 14.0. The first-order valence-electron chi connectivity index (χ1n) is 8.75. The molecule has 26 heavy (non-hydrogen) atoms. The molecule has 1 aromatic heterocycles. The molecule has 2 aromatic rings. The van der Waals surface area contributed by atoms with Crippen LogP contribution < -0.4 is 11.1 Å². The number of hydrogen-bond donors (Lipinski definition) is 2. The number of aromatic nitrogens is 2. The van der Waals surface area contributed by atoms with Crippen LogP contribution >= 0.6 is 0 Å². The van der Waals surface area contributed by atoms with Gasteiger partial charge in [0.2, 0.25) is 0 Å². The van der Waals surface area contributed by atoms with Crippen LogP contribution in [0.25, 0.3) is 11.3 Å². The third-order valence-corrected chi connectivity index (χ3v) is 4.12. The Hall–Kier alpha value is -2.77. The highest BCUT2D eigenvalue weighted by molar-refractivity contribution is 5.70. The lowest BCUT2D eigenvalue weighted by atomic mass is 10.1. The van der Waals surface area contributed by atoms with Gasteiger partial charge in [0.1, 0.15) is 5.60 Å². The van der Waals surface area contributed by atoms with Crippen molar-refractivity contribution in [2.24, 2.45) is 0 Å². The summed E-state index contributed by atoms with van der Waals surface area (Å²) in [6.45, 7) is 6.98. The average Bonchev–Trinajstić information content (AvgIpc) is 3.00. The van der Waals surface area contributed by atoms with E-state index in [4.69, 9.17) is 10.5 Å². The molecule has 1 aliphatic rings. The van der Waals surface area contributed by atoms with Crippen LogP contribution in [0.15, 0.2) is 28.9 Å². The van der Waals surface area contributed by atoms with E-state index in [2.05, 4.69) is 20.3 Å². The van der Waals surface area contributed by atoms with Gasteiger partial charge in [-0.05, 0) is 56.1 Å². The lowest BCUT2D eigenvalue weighted by Gasteiger charge is -2.34. The van der Waals surface area contributed by atoms with Crippen LogP contribution in [0.1, 0.15) is 33.6 Å². The molecule has 1 saturated heterocycles. The average molecular weight is 359 g/mol. The largest absolute Gasteiger partial charge is 0.444 e. The summed E-state index contributed by atoms with van der Waals surface area (Å²) in [5.41, 5.74) is 7.58. The van der Waals surface area contributed by atoms with Crippen LogP contribution in [0.3, 0.4) is 0 Å². The highest BCUT2D eigenvalue weighted by atomic mass is 16.6. The Morgan fingerprint density at radius 2 is 2.04 bits per heavy atom. The first-order chi connectivity index (χ1) is 12.3. The van der Waals surface area contributed by atoms with Gasteiger partial charge in [-0.1, -0.05) is 12.1 Å². The van der Waals surface area contributed by atoms with E-state index in [9.17, 15) is 4.79 Å². The Balaban J connectivity index is 1.60. The monoisotopic (exact) mass is 359 g/mol. The number of rotatable bonds is 3. The second-order valence-electron chi connectivity index (χ2n) is 7.49. The fourth-order valence-corrected chi connectivity index (χ4v) is 2.94. The maximum Gasteiger partial charge on any atom is 0.410 e. The molecular formula is C18H25N5O3. The van der Waals surface area contributed by atoms with E-state index < -0.39 is 5.60 Å². The molecule has 0 bridgehead atoms. The molecule has 0 saturated carbocycles. The topological polar surface area (TPSA) is 107 Å². The van der Waals surface area contributed by atoms with Crippen molar-refractivity contribution in [2.45, 2.75) is 45.3 Å². The standard InChI is InChI=1S/C18H25N5O3/c1-18(2,3)25-17(24)23-10-4-5-14(11-23)20-13-8-6-12(7-9-13)15-16(19)22-26-21-15/h6-9,14,20H,4-5,10-11H2,1-3H3,(H2,19,22). The minimum absolute atomic E-state index is 0.181. The molecule has 3 rings (SSSR count). The van der Waals surface area contributed by atoms with Crippen LogP contribution in [0.2, 0.25) is 0 Å². The van der Waals surface area contributed by atoms with Crippen molar-refractivity contribution in [2.75, 3.05) is 24.1 Å². The SMILES string of the molecule is CC(C)(C)OC(=O)N1CCCC(Nc2ccc(-c3nonc3N)cc2)C1. The van der Waals surface area contributed by atoms with Gasteiger partial charge < -0.3 is 20.7 Å². The second kappa shape index (κ2) is 7.23. The highest BCUT2D eigenvalue weighted by Gasteiger charge is 2.27. The Kier molecular flexibility index (Phi) is 5.01. The van der Waals surface area contributed by atoms with E-state index >= 15 is 0 Å². The van der Waals surface area contributed by atoms with Gasteiger partial charge >= 0.3 is 6.09 Å². The third kappa shape index (κ3) is 4.44.